The minimum Gasteiger partial charge on any atom is -0.347 e. The Labute approximate surface area is 148 Å². The topological polar surface area (TPSA) is 50.8 Å². The average molecular weight is 342 g/mol. The van der Waals surface area contributed by atoms with Gasteiger partial charge < -0.3 is 19.7 Å². The number of carbonyl (C=O) groups is 1. The molecular weight excluding hydrogens is 316 g/mol. The Morgan fingerprint density at radius 1 is 1.16 bits per heavy atom. The Bertz CT molecular complexity index is 675. The Hall–Kier alpha value is -1.59. The maximum atomic E-state index is 12.5. The van der Waals surface area contributed by atoms with Crippen molar-refractivity contribution in [2.24, 2.45) is 5.92 Å². The number of benzene rings is 1. The van der Waals surface area contributed by atoms with Gasteiger partial charge in [0, 0.05) is 37.9 Å². The zero-order valence-electron chi connectivity index (χ0n) is 14.6. The number of urea groups is 1. The first-order valence-electron chi connectivity index (χ1n) is 9.60. The molecule has 1 aromatic rings. The summed E-state index contributed by atoms with van der Waals surface area (Å²) < 4.78 is 11.5. The third-order valence-corrected chi connectivity index (χ3v) is 6.75. The molecule has 2 aliphatic carbocycles. The molecule has 2 atom stereocenters. The Morgan fingerprint density at radius 2 is 1.92 bits per heavy atom. The Morgan fingerprint density at radius 3 is 2.72 bits per heavy atom. The number of rotatable bonds is 2. The van der Waals surface area contributed by atoms with Crippen molar-refractivity contribution in [3.63, 3.8) is 0 Å². The fraction of sp³-hybridized carbons (Fsp3) is 0.650. The minimum atomic E-state index is -0.412. The number of amides is 2. The van der Waals surface area contributed by atoms with E-state index in [1.807, 2.05) is 4.90 Å². The second kappa shape index (κ2) is 5.71. The van der Waals surface area contributed by atoms with Crippen molar-refractivity contribution in [1.82, 2.24) is 10.2 Å². The van der Waals surface area contributed by atoms with Crippen LogP contribution in [0.1, 0.15) is 36.8 Å². The lowest BCUT2D eigenvalue weighted by molar-refractivity contribution is -0.181. The van der Waals surface area contributed by atoms with Gasteiger partial charge >= 0.3 is 6.03 Å². The summed E-state index contributed by atoms with van der Waals surface area (Å²) in [5.41, 5.74) is 3.39. The van der Waals surface area contributed by atoms with Crippen LogP contribution in [-0.2, 0) is 21.3 Å². The molecule has 0 bridgehead atoms. The number of nitrogens with one attached hydrogen (secondary N) is 1. The molecule has 5 heteroatoms. The average Bonchev–Trinajstić information content (AvgIpc) is 2.96. The van der Waals surface area contributed by atoms with Crippen molar-refractivity contribution >= 4 is 6.03 Å². The first kappa shape index (κ1) is 15.6. The normalized spacial score (nSPS) is 32.2. The van der Waals surface area contributed by atoms with Gasteiger partial charge in [0.15, 0.2) is 5.79 Å². The maximum Gasteiger partial charge on any atom is 0.317 e. The molecule has 5 nitrogen and oxygen atoms in total. The number of likely N-dealkylation sites (tertiary alicyclic amines) is 1. The number of nitrogens with zero attached hydrogens (tertiary/aromatic N) is 1. The number of aryl methyl sites for hydroxylation is 1. The molecule has 0 aromatic heterocycles. The van der Waals surface area contributed by atoms with E-state index in [1.165, 1.54) is 30.4 Å². The lowest BCUT2D eigenvalue weighted by Crippen LogP contribution is -2.50. The molecule has 4 aliphatic rings. The molecule has 2 saturated heterocycles. The molecular formula is C20H26N2O3. The second-order valence-corrected chi connectivity index (χ2v) is 8.00. The van der Waals surface area contributed by atoms with E-state index in [0.717, 1.165) is 19.4 Å². The van der Waals surface area contributed by atoms with Crippen molar-refractivity contribution in [1.29, 1.82) is 0 Å². The van der Waals surface area contributed by atoms with Gasteiger partial charge in [-0.3, -0.25) is 0 Å². The van der Waals surface area contributed by atoms with Crippen LogP contribution in [0.3, 0.4) is 0 Å². The summed E-state index contributed by atoms with van der Waals surface area (Å²) in [7, 11) is 0. The van der Waals surface area contributed by atoms with E-state index >= 15 is 0 Å². The van der Waals surface area contributed by atoms with Gasteiger partial charge in [-0.25, -0.2) is 4.79 Å². The van der Waals surface area contributed by atoms with Gasteiger partial charge in [-0.1, -0.05) is 24.3 Å². The predicted octanol–water partition coefficient (Wildman–Crippen LogP) is 2.44. The molecule has 2 aliphatic heterocycles. The fourth-order valence-electron chi connectivity index (χ4n) is 5.16. The van der Waals surface area contributed by atoms with E-state index in [-0.39, 0.29) is 6.03 Å². The van der Waals surface area contributed by atoms with E-state index in [1.54, 1.807) is 0 Å². The number of fused-ring (bicyclic) bond motifs is 2. The van der Waals surface area contributed by atoms with Crippen molar-refractivity contribution in [2.45, 2.75) is 43.3 Å². The lowest BCUT2D eigenvalue weighted by Gasteiger charge is -2.37. The first-order chi connectivity index (χ1) is 12.2. The second-order valence-electron chi connectivity index (χ2n) is 8.00. The van der Waals surface area contributed by atoms with E-state index in [0.29, 0.717) is 37.6 Å². The Balaban J connectivity index is 1.14. The molecule has 25 heavy (non-hydrogen) atoms. The van der Waals surface area contributed by atoms with Crippen LogP contribution in [0.5, 0.6) is 0 Å². The van der Waals surface area contributed by atoms with Gasteiger partial charge in [-0.05, 0) is 36.3 Å². The van der Waals surface area contributed by atoms with E-state index in [2.05, 4.69) is 29.6 Å². The van der Waals surface area contributed by atoms with Crippen molar-refractivity contribution < 1.29 is 14.3 Å². The summed E-state index contributed by atoms with van der Waals surface area (Å²) in [6.45, 7) is 3.58. The van der Waals surface area contributed by atoms with Crippen LogP contribution in [0.4, 0.5) is 4.79 Å². The van der Waals surface area contributed by atoms with Crippen LogP contribution >= 0.6 is 0 Å². The molecule has 2 heterocycles. The zero-order chi connectivity index (χ0) is 16.9. The van der Waals surface area contributed by atoms with Crippen molar-refractivity contribution in [2.75, 3.05) is 32.8 Å². The quantitative estimate of drug-likeness (QED) is 0.898. The monoisotopic (exact) mass is 342 g/mol. The first-order valence-corrected chi connectivity index (χ1v) is 9.60. The third-order valence-electron chi connectivity index (χ3n) is 6.75. The number of carbonyl (C=O) groups excluding carboxylic acids is 1. The summed E-state index contributed by atoms with van der Waals surface area (Å²) in [5.74, 6) is 0.183. The molecule has 2 amide bonds. The third kappa shape index (κ3) is 2.56. The number of hydrogen-bond acceptors (Lipinski definition) is 3. The van der Waals surface area contributed by atoms with Crippen molar-refractivity contribution in [3.8, 4) is 0 Å². The fourth-order valence-corrected chi connectivity index (χ4v) is 5.16. The van der Waals surface area contributed by atoms with Gasteiger partial charge in [0.25, 0.3) is 0 Å². The van der Waals surface area contributed by atoms with Crippen LogP contribution < -0.4 is 5.32 Å². The lowest BCUT2D eigenvalue weighted by atomic mass is 9.95. The zero-order valence-corrected chi connectivity index (χ0v) is 14.6. The summed E-state index contributed by atoms with van der Waals surface area (Å²) in [4.78, 5) is 14.4. The molecule has 134 valence electrons. The Kier molecular flexibility index (Phi) is 3.57. The molecule has 0 unspecified atom stereocenters. The maximum absolute atomic E-state index is 12.5. The van der Waals surface area contributed by atoms with Gasteiger partial charge in [0.2, 0.25) is 0 Å². The molecule has 1 saturated carbocycles. The number of ether oxygens (including phenoxy) is 2. The van der Waals surface area contributed by atoms with Gasteiger partial charge in [-0.15, -0.1) is 0 Å². The van der Waals surface area contributed by atoms with Crippen LogP contribution in [0, 0.1) is 5.92 Å². The smallest absolute Gasteiger partial charge is 0.317 e. The van der Waals surface area contributed by atoms with Crippen molar-refractivity contribution in [3.05, 3.63) is 35.4 Å². The molecule has 1 aromatic carbocycles. The number of hydrogen-bond donors (Lipinski definition) is 1. The standard InChI is InChI=1S/C20H26N2O3/c23-18(22-9-7-20(8-10-22)24-11-12-25-20)21-14-16-13-19(16)6-5-15-3-1-2-4-17(15)19/h1-4,16H,5-14H2,(H,21,23)/t16-,19-/m0/s1. The van der Waals surface area contributed by atoms with E-state index < -0.39 is 5.79 Å². The summed E-state index contributed by atoms with van der Waals surface area (Å²) in [6.07, 6.45) is 5.21. The highest BCUT2D eigenvalue weighted by atomic mass is 16.7. The van der Waals surface area contributed by atoms with Crippen LogP contribution in [-0.4, -0.2) is 49.6 Å². The largest absolute Gasteiger partial charge is 0.347 e. The van der Waals surface area contributed by atoms with Gasteiger partial charge in [-0.2, -0.15) is 0 Å². The highest BCUT2D eigenvalue weighted by molar-refractivity contribution is 5.74. The number of piperidine rings is 1. The highest BCUT2D eigenvalue weighted by Gasteiger charge is 2.57. The summed E-state index contributed by atoms with van der Waals surface area (Å²) in [5, 5.41) is 3.18. The predicted molar refractivity (Wildman–Crippen MR) is 93.4 cm³/mol. The summed E-state index contributed by atoms with van der Waals surface area (Å²) in [6, 6.07) is 8.90. The van der Waals surface area contributed by atoms with Crippen LogP contribution in [0.2, 0.25) is 0 Å². The van der Waals surface area contributed by atoms with Gasteiger partial charge in [0.1, 0.15) is 0 Å². The molecule has 3 fully saturated rings. The minimum absolute atomic E-state index is 0.0705. The van der Waals surface area contributed by atoms with E-state index in [9.17, 15) is 4.79 Å². The SMILES string of the molecule is O=C(NC[C@@H]1C[C@@]12CCc1ccccc12)N1CCC2(CC1)OCCO2. The molecule has 5 rings (SSSR count). The van der Waals surface area contributed by atoms with Crippen LogP contribution in [0.25, 0.3) is 0 Å². The molecule has 1 N–H and O–H groups in total. The molecule has 0 radical (unpaired) electrons. The highest BCUT2D eigenvalue weighted by Crippen LogP contribution is 2.61. The van der Waals surface area contributed by atoms with Crippen LogP contribution in [0.15, 0.2) is 24.3 Å². The van der Waals surface area contributed by atoms with E-state index in [4.69, 9.17) is 9.47 Å². The summed E-state index contributed by atoms with van der Waals surface area (Å²) >= 11 is 0. The van der Waals surface area contributed by atoms with Gasteiger partial charge in [0.05, 0.1) is 13.2 Å². The molecule has 2 spiro atoms.